The second kappa shape index (κ2) is 14.1. The Morgan fingerprint density at radius 3 is 2.43 bits per heavy atom. The standard InChI is InChI=1S/C28H40NO4PS/c1-4-7-9-11-13-22-14-15-25-23(20-22)21-24-26(30)16-17-27(28(24)29-25)33-34(31,35-19-6-3)32-18-12-10-8-5-2/h14-17,20-21,30H,4-13,18-19H2,1-3H3. The lowest BCUT2D eigenvalue weighted by Gasteiger charge is -2.19. The second-order valence-corrected chi connectivity index (χ2v) is 13.2. The minimum atomic E-state index is -3.42. The molecule has 0 saturated heterocycles. The Kier molecular flexibility index (Phi) is 11.2. The third-order valence-electron chi connectivity index (χ3n) is 6.01. The normalized spacial score (nSPS) is 13.3. The number of unbranched alkanes of at least 4 members (excludes halogenated alkanes) is 6. The summed E-state index contributed by atoms with van der Waals surface area (Å²) in [5.41, 5.74) is 2.60. The number of benzene rings is 2. The number of rotatable bonds is 16. The molecule has 7 heteroatoms. The molecule has 0 aliphatic rings. The Bertz CT molecular complexity index is 1140. The van der Waals surface area contributed by atoms with Crippen LogP contribution in [0, 0.1) is 0 Å². The fourth-order valence-electron chi connectivity index (χ4n) is 4.04. The molecule has 0 amide bonds. The third-order valence-corrected chi connectivity index (χ3v) is 9.87. The van der Waals surface area contributed by atoms with Crippen molar-refractivity contribution in [3.63, 3.8) is 0 Å². The molecule has 1 heterocycles. The lowest BCUT2D eigenvalue weighted by Crippen LogP contribution is -2.00. The van der Waals surface area contributed by atoms with Crippen molar-refractivity contribution in [2.75, 3.05) is 12.4 Å². The number of phenolic OH excluding ortho intramolecular Hbond substituents is 1. The first kappa shape index (κ1) is 27.8. The van der Waals surface area contributed by atoms with Crippen molar-refractivity contribution >= 4 is 40.0 Å². The van der Waals surface area contributed by atoms with Crippen molar-refractivity contribution in [3.8, 4) is 11.5 Å². The summed E-state index contributed by atoms with van der Waals surface area (Å²) in [6.45, 7) is 3.41. The van der Waals surface area contributed by atoms with E-state index < -0.39 is 6.80 Å². The molecule has 0 spiro atoms. The number of aromatic hydroxyl groups is 1. The van der Waals surface area contributed by atoms with Gasteiger partial charge in [0, 0.05) is 16.5 Å². The van der Waals surface area contributed by atoms with Crippen LogP contribution >= 0.6 is 18.2 Å². The average Bonchev–Trinajstić information content (AvgIpc) is 2.86. The van der Waals surface area contributed by atoms with Gasteiger partial charge >= 0.3 is 6.80 Å². The highest BCUT2D eigenvalue weighted by Crippen LogP contribution is 2.61. The molecule has 192 valence electrons. The Hall–Kier alpha value is -1.75. The smallest absolute Gasteiger partial charge is 0.440 e. The van der Waals surface area contributed by atoms with Crippen molar-refractivity contribution < 1.29 is 18.7 Å². The topological polar surface area (TPSA) is 68.7 Å². The van der Waals surface area contributed by atoms with Crippen molar-refractivity contribution in [3.05, 3.63) is 42.0 Å². The highest BCUT2D eigenvalue weighted by Gasteiger charge is 2.28. The molecule has 0 fully saturated rings. The molecule has 0 aliphatic heterocycles. The SMILES string of the molecule is CCCCCCOP(=O)(Oc1ccc(O)c2cc3cc(CCCCCC)ccc3nc12)SCCC. The van der Waals surface area contributed by atoms with Crippen molar-refractivity contribution in [2.45, 2.75) is 85.0 Å². The summed E-state index contributed by atoms with van der Waals surface area (Å²) in [5.74, 6) is 1.19. The first-order chi connectivity index (χ1) is 17.0. The quantitative estimate of drug-likeness (QED) is 0.116. The van der Waals surface area contributed by atoms with Gasteiger partial charge in [0.1, 0.15) is 11.3 Å². The summed E-state index contributed by atoms with van der Waals surface area (Å²) in [5, 5.41) is 12.2. The van der Waals surface area contributed by atoms with Crippen molar-refractivity contribution in [1.82, 2.24) is 4.98 Å². The van der Waals surface area contributed by atoms with Gasteiger partial charge in [0.25, 0.3) is 0 Å². The molecule has 1 aromatic heterocycles. The van der Waals surface area contributed by atoms with Gasteiger partial charge in [-0.15, -0.1) is 0 Å². The van der Waals surface area contributed by atoms with E-state index in [0.29, 0.717) is 29.0 Å². The Morgan fingerprint density at radius 1 is 0.914 bits per heavy atom. The first-order valence-corrected chi connectivity index (χ1v) is 16.3. The molecular formula is C28H40NO4PS. The largest absolute Gasteiger partial charge is 0.507 e. The molecule has 3 rings (SSSR count). The van der Waals surface area contributed by atoms with Gasteiger partial charge in [-0.05, 0) is 73.0 Å². The van der Waals surface area contributed by atoms with Gasteiger partial charge in [0.2, 0.25) is 0 Å². The van der Waals surface area contributed by atoms with E-state index in [1.807, 2.05) is 19.1 Å². The average molecular weight is 518 g/mol. The number of pyridine rings is 1. The maximum Gasteiger partial charge on any atom is 0.440 e. The fraction of sp³-hybridized carbons (Fsp3) is 0.536. The maximum atomic E-state index is 13.6. The van der Waals surface area contributed by atoms with E-state index in [2.05, 4.69) is 26.0 Å². The predicted octanol–water partition coefficient (Wildman–Crippen LogP) is 9.44. The van der Waals surface area contributed by atoms with E-state index in [0.717, 1.165) is 49.4 Å². The Labute approximate surface area is 214 Å². The van der Waals surface area contributed by atoms with Crippen LogP contribution in [0.5, 0.6) is 11.5 Å². The Balaban J connectivity index is 1.87. The van der Waals surface area contributed by atoms with Crippen LogP contribution in [-0.4, -0.2) is 22.5 Å². The summed E-state index contributed by atoms with van der Waals surface area (Å²) in [6, 6.07) is 11.5. The molecule has 1 atom stereocenters. The number of hydrogen-bond donors (Lipinski definition) is 1. The van der Waals surface area contributed by atoms with Crippen molar-refractivity contribution in [2.24, 2.45) is 0 Å². The van der Waals surface area contributed by atoms with Crippen molar-refractivity contribution in [1.29, 1.82) is 0 Å². The van der Waals surface area contributed by atoms with Gasteiger partial charge in [-0.3, -0.25) is 4.52 Å². The molecule has 3 aromatic rings. The monoisotopic (exact) mass is 517 g/mol. The van der Waals surface area contributed by atoms with Gasteiger partial charge in [-0.2, -0.15) is 0 Å². The van der Waals surface area contributed by atoms with Crippen LogP contribution in [-0.2, 0) is 15.5 Å². The molecular weight excluding hydrogens is 477 g/mol. The number of phenols is 1. The van der Waals surface area contributed by atoms with Crippen LogP contribution in [0.4, 0.5) is 0 Å². The summed E-state index contributed by atoms with van der Waals surface area (Å²) in [4.78, 5) is 4.80. The molecule has 1 N–H and O–H groups in total. The molecule has 1 unspecified atom stereocenters. The molecule has 0 radical (unpaired) electrons. The van der Waals surface area contributed by atoms with Crippen LogP contribution in [0.25, 0.3) is 21.8 Å². The number of fused-ring (bicyclic) bond motifs is 2. The molecule has 0 aliphatic carbocycles. The van der Waals surface area contributed by atoms with Crippen LogP contribution in [0.3, 0.4) is 0 Å². The van der Waals surface area contributed by atoms with E-state index in [1.165, 1.54) is 42.6 Å². The van der Waals surface area contributed by atoms with Gasteiger partial charge in [-0.25, -0.2) is 9.55 Å². The summed E-state index contributed by atoms with van der Waals surface area (Å²) >= 11 is 1.23. The van der Waals surface area contributed by atoms with E-state index in [1.54, 1.807) is 12.1 Å². The van der Waals surface area contributed by atoms with E-state index >= 15 is 0 Å². The zero-order valence-electron chi connectivity index (χ0n) is 21.4. The number of aryl methyl sites for hydroxylation is 1. The third kappa shape index (κ3) is 8.13. The van der Waals surface area contributed by atoms with Crippen LogP contribution in [0.2, 0.25) is 0 Å². The van der Waals surface area contributed by atoms with Crippen LogP contribution in [0.1, 0.15) is 84.1 Å². The lowest BCUT2D eigenvalue weighted by atomic mass is 10.0. The zero-order valence-corrected chi connectivity index (χ0v) is 23.1. The molecule has 2 aromatic carbocycles. The van der Waals surface area contributed by atoms with E-state index in [4.69, 9.17) is 14.0 Å². The molecule has 0 saturated carbocycles. The zero-order chi connectivity index (χ0) is 25.1. The summed E-state index contributed by atoms with van der Waals surface area (Å²) < 4.78 is 25.5. The first-order valence-electron chi connectivity index (χ1n) is 13.1. The highest BCUT2D eigenvalue weighted by atomic mass is 32.7. The number of aromatic nitrogens is 1. The predicted molar refractivity (Wildman–Crippen MR) is 150 cm³/mol. The van der Waals surface area contributed by atoms with Gasteiger partial charge < -0.3 is 9.63 Å². The number of nitrogens with zero attached hydrogens (tertiary/aromatic N) is 1. The second-order valence-electron chi connectivity index (χ2n) is 9.07. The highest BCUT2D eigenvalue weighted by molar-refractivity contribution is 8.55. The van der Waals surface area contributed by atoms with Gasteiger partial charge in [-0.1, -0.05) is 65.4 Å². The van der Waals surface area contributed by atoms with Crippen LogP contribution < -0.4 is 4.52 Å². The minimum absolute atomic E-state index is 0.131. The maximum absolute atomic E-state index is 13.6. The fourth-order valence-corrected chi connectivity index (χ4v) is 7.43. The Morgan fingerprint density at radius 2 is 1.69 bits per heavy atom. The van der Waals surface area contributed by atoms with Gasteiger partial charge in [0.05, 0.1) is 12.1 Å². The lowest BCUT2D eigenvalue weighted by molar-refractivity contribution is 0.273. The number of hydrogen-bond acceptors (Lipinski definition) is 6. The molecule has 35 heavy (non-hydrogen) atoms. The van der Waals surface area contributed by atoms with Crippen LogP contribution in [0.15, 0.2) is 36.4 Å². The summed E-state index contributed by atoms with van der Waals surface area (Å²) in [6.07, 6.45) is 11.0. The van der Waals surface area contributed by atoms with Gasteiger partial charge in [0.15, 0.2) is 5.75 Å². The molecule has 0 bridgehead atoms. The van der Waals surface area contributed by atoms with E-state index in [9.17, 15) is 9.67 Å². The minimum Gasteiger partial charge on any atom is -0.507 e. The van der Waals surface area contributed by atoms with E-state index in [-0.39, 0.29) is 5.75 Å². The summed E-state index contributed by atoms with van der Waals surface area (Å²) in [7, 11) is 0. The molecule has 5 nitrogen and oxygen atoms in total.